The van der Waals surface area contributed by atoms with E-state index in [1.807, 2.05) is 22.9 Å². The number of ether oxygens (including phenoxy) is 1. The van der Waals surface area contributed by atoms with Crippen LogP contribution in [-0.4, -0.2) is 59.5 Å². The van der Waals surface area contributed by atoms with Crippen LogP contribution in [0.5, 0.6) is 0 Å². The molecule has 1 fully saturated rings. The van der Waals surface area contributed by atoms with Crippen LogP contribution in [0.1, 0.15) is 22.9 Å². The molecule has 3 aliphatic rings. The molecule has 1 aromatic heterocycles. The van der Waals surface area contributed by atoms with Crippen LogP contribution in [-0.2, 0) is 20.5 Å². The van der Waals surface area contributed by atoms with Crippen molar-refractivity contribution < 1.29 is 37.7 Å². The Morgan fingerprint density at radius 3 is 2.68 bits per heavy atom. The van der Waals surface area contributed by atoms with Crippen LogP contribution in [0.25, 0.3) is 5.76 Å². The maximum atomic E-state index is 13.0. The molecule has 3 N–H and O–H groups in total. The van der Waals surface area contributed by atoms with Gasteiger partial charge in [-0.2, -0.15) is 13.2 Å². The zero-order chi connectivity index (χ0) is 24.4. The topological polar surface area (TPSA) is 119 Å². The number of nitrogens with one attached hydrogen (secondary N) is 1. The largest absolute Gasteiger partial charge is 0.507 e. The van der Waals surface area contributed by atoms with Gasteiger partial charge >= 0.3 is 12.1 Å². The summed E-state index contributed by atoms with van der Waals surface area (Å²) in [4.78, 5) is 30.9. The number of aliphatic hydroxyl groups is 1. The predicted molar refractivity (Wildman–Crippen MR) is 113 cm³/mol. The van der Waals surface area contributed by atoms with Crippen molar-refractivity contribution in [3.8, 4) is 0 Å². The van der Waals surface area contributed by atoms with E-state index in [1.54, 1.807) is 12.1 Å². The number of carbonyl (C=O) groups is 2. The number of carboxylic acids is 1. The number of nitrogens with zero attached hydrogens (tertiary/aromatic N) is 3. The maximum Gasteiger partial charge on any atom is 0.433 e. The highest BCUT2D eigenvalue weighted by Gasteiger charge is 2.56. The third-order valence-corrected chi connectivity index (χ3v) is 6.11. The van der Waals surface area contributed by atoms with E-state index in [-0.39, 0.29) is 11.3 Å². The summed E-state index contributed by atoms with van der Waals surface area (Å²) in [5.74, 6) is -2.35. The van der Waals surface area contributed by atoms with E-state index < -0.39 is 48.7 Å². The molecule has 1 aromatic carbocycles. The van der Waals surface area contributed by atoms with Gasteiger partial charge in [0.05, 0.1) is 23.0 Å². The number of halogens is 3. The van der Waals surface area contributed by atoms with Crippen LogP contribution in [0.15, 0.2) is 42.1 Å². The number of alkyl halides is 3. The molecule has 4 heterocycles. The van der Waals surface area contributed by atoms with Crippen molar-refractivity contribution in [2.24, 2.45) is 0 Å². The van der Waals surface area contributed by atoms with Crippen molar-refractivity contribution in [2.75, 3.05) is 29.9 Å². The smallest absolute Gasteiger partial charge is 0.433 e. The molecule has 1 saturated heterocycles. The molecular weight excluding hydrogens is 457 g/mol. The molecule has 0 radical (unpaired) electrons. The minimum Gasteiger partial charge on any atom is -0.507 e. The normalized spacial score (nSPS) is 23.1. The Kier molecular flexibility index (Phi) is 4.93. The molecule has 1 amide bonds. The molecular formula is C22H19F3N4O5. The van der Waals surface area contributed by atoms with Gasteiger partial charge in [0.2, 0.25) is 0 Å². The van der Waals surface area contributed by atoms with Gasteiger partial charge in [0.25, 0.3) is 5.91 Å². The zero-order valence-corrected chi connectivity index (χ0v) is 17.7. The number of para-hydroxylation sites is 1. The van der Waals surface area contributed by atoms with Gasteiger partial charge in [0.1, 0.15) is 24.1 Å². The van der Waals surface area contributed by atoms with E-state index in [2.05, 4.69) is 10.3 Å². The number of hydrogen-bond acceptors (Lipinski definition) is 7. The van der Waals surface area contributed by atoms with Gasteiger partial charge in [-0.05, 0) is 23.8 Å². The average Bonchev–Trinajstić information content (AvgIpc) is 3.57. The Labute approximate surface area is 191 Å². The second-order valence-corrected chi connectivity index (χ2v) is 8.24. The zero-order valence-electron chi connectivity index (χ0n) is 17.7. The minimum atomic E-state index is -4.57. The van der Waals surface area contributed by atoms with Crippen molar-refractivity contribution in [1.29, 1.82) is 0 Å². The summed E-state index contributed by atoms with van der Waals surface area (Å²) in [5, 5.41) is 22.2. The monoisotopic (exact) mass is 476 g/mol. The van der Waals surface area contributed by atoms with Gasteiger partial charge in [-0.25, -0.2) is 0 Å². The van der Waals surface area contributed by atoms with Gasteiger partial charge in [0, 0.05) is 25.4 Å². The summed E-state index contributed by atoms with van der Waals surface area (Å²) in [6.07, 6.45) is -4.92. The van der Waals surface area contributed by atoms with Crippen molar-refractivity contribution >= 4 is 29.0 Å². The molecule has 3 aliphatic heterocycles. The molecule has 34 heavy (non-hydrogen) atoms. The molecule has 0 bridgehead atoms. The number of amides is 1. The first-order valence-electron chi connectivity index (χ1n) is 10.3. The summed E-state index contributed by atoms with van der Waals surface area (Å²) in [6.45, 7) is -0.246. The van der Waals surface area contributed by atoms with Gasteiger partial charge < -0.3 is 30.1 Å². The molecule has 9 nitrogen and oxygen atoms in total. The minimum absolute atomic E-state index is 0.0963. The van der Waals surface area contributed by atoms with Gasteiger partial charge in [-0.1, -0.05) is 12.1 Å². The van der Waals surface area contributed by atoms with Crippen LogP contribution in [0.3, 0.4) is 0 Å². The quantitative estimate of drug-likeness (QED) is 0.576. The number of anilines is 2. The molecule has 3 atom stereocenters. The summed E-state index contributed by atoms with van der Waals surface area (Å²) >= 11 is 0. The number of pyridine rings is 1. The van der Waals surface area contributed by atoms with Crippen LogP contribution in [0, 0.1) is 0 Å². The van der Waals surface area contributed by atoms with E-state index in [0.29, 0.717) is 23.4 Å². The number of carbonyl (C=O) groups excluding carboxylic acids is 1. The lowest BCUT2D eigenvalue weighted by Crippen LogP contribution is -2.44. The van der Waals surface area contributed by atoms with Crippen molar-refractivity contribution in [1.82, 2.24) is 10.3 Å². The number of likely N-dealkylation sites (N-methyl/N-ethyl adjacent to an activating group) is 1. The Bertz CT molecular complexity index is 1210. The number of carboxylic acid groups (broad SMARTS) is 1. The number of aliphatic carboxylic acids is 1. The molecule has 0 aliphatic carbocycles. The third-order valence-electron chi connectivity index (χ3n) is 6.11. The molecule has 0 spiro atoms. The fraction of sp³-hybridized carbons (Fsp3) is 0.318. The Morgan fingerprint density at radius 1 is 1.26 bits per heavy atom. The molecule has 3 unspecified atom stereocenters. The predicted octanol–water partition coefficient (Wildman–Crippen LogP) is 2.31. The molecule has 0 saturated carbocycles. The third kappa shape index (κ3) is 3.50. The van der Waals surface area contributed by atoms with E-state index >= 15 is 0 Å². The second-order valence-electron chi connectivity index (χ2n) is 8.24. The van der Waals surface area contributed by atoms with Crippen molar-refractivity contribution in [3.05, 3.63) is 58.9 Å². The number of aromatic nitrogens is 1. The second kappa shape index (κ2) is 7.62. The fourth-order valence-corrected chi connectivity index (χ4v) is 4.54. The number of epoxide rings is 1. The summed E-state index contributed by atoms with van der Waals surface area (Å²) in [6, 6.07) is 6.95. The number of fused-ring (bicyclic) bond motifs is 2. The van der Waals surface area contributed by atoms with E-state index in [1.165, 1.54) is 12.3 Å². The molecule has 5 rings (SSSR count). The van der Waals surface area contributed by atoms with Crippen molar-refractivity contribution in [2.45, 2.75) is 24.6 Å². The lowest BCUT2D eigenvalue weighted by atomic mass is 9.98. The number of rotatable bonds is 4. The maximum absolute atomic E-state index is 13.0. The van der Waals surface area contributed by atoms with E-state index in [4.69, 9.17) is 9.84 Å². The van der Waals surface area contributed by atoms with Gasteiger partial charge in [-0.3, -0.25) is 14.6 Å². The number of hydrogen-bond donors (Lipinski definition) is 3. The van der Waals surface area contributed by atoms with Gasteiger partial charge in [0.15, 0.2) is 6.23 Å². The van der Waals surface area contributed by atoms with E-state index in [9.17, 15) is 27.9 Å². The lowest BCUT2D eigenvalue weighted by Gasteiger charge is -2.43. The highest BCUT2D eigenvalue weighted by Crippen LogP contribution is 2.53. The number of aliphatic hydroxyl groups excluding tert-OH is 1. The average molecular weight is 476 g/mol. The summed E-state index contributed by atoms with van der Waals surface area (Å²) in [5.41, 5.74) is 1.04. The Hall–Kier alpha value is -3.80. The standard InChI is InChI=1S/C22H19F3N4O5/c1-28-9-13(10-5-6-14(26-7-10)22(23,24)25)29-17-11(3-2-4-12(17)28)18(32)16(19-21(29)34-19)20(33)27-8-15(30)31/h2-7,13,19,21,32H,8-9H2,1H3,(H,27,33)(H,30,31). The highest BCUT2D eigenvalue weighted by molar-refractivity contribution is 6.05. The number of benzene rings is 1. The fourth-order valence-electron chi connectivity index (χ4n) is 4.54. The van der Waals surface area contributed by atoms with Crippen LogP contribution >= 0.6 is 0 Å². The summed E-state index contributed by atoms with van der Waals surface area (Å²) < 4.78 is 44.8. The van der Waals surface area contributed by atoms with Crippen molar-refractivity contribution in [3.63, 3.8) is 0 Å². The first-order chi connectivity index (χ1) is 16.1. The first-order valence-corrected chi connectivity index (χ1v) is 10.3. The Balaban J connectivity index is 1.58. The summed E-state index contributed by atoms with van der Waals surface area (Å²) in [7, 11) is 1.81. The molecule has 178 valence electrons. The Morgan fingerprint density at radius 2 is 2.03 bits per heavy atom. The highest BCUT2D eigenvalue weighted by atomic mass is 19.4. The first kappa shape index (κ1) is 22.0. The van der Waals surface area contributed by atoms with Crippen LogP contribution in [0.4, 0.5) is 24.5 Å². The van der Waals surface area contributed by atoms with Gasteiger partial charge in [-0.15, -0.1) is 0 Å². The lowest BCUT2D eigenvalue weighted by molar-refractivity contribution is -0.141. The van der Waals surface area contributed by atoms with Crippen LogP contribution < -0.4 is 15.1 Å². The SMILES string of the molecule is CN1CC(c2ccc(C(F)(F)F)nc2)N2c3c(cccc31)C(O)=C(C(=O)NCC(=O)O)C1OC12. The van der Waals surface area contributed by atoms with Crippen LogP contribution in [0.2, 0.25) is 0 Å². The van der Waals surface area contributed by atoms with E-state index in [0.717, 1.165) is 11.8 Å². The molecule has 12 heteroatoms. The molecule has 2 aromatic rings.